The fraction of sp³-hybridized carbons (Fsp3) is 0.231. The van der Waals surface area contributed by atoms with Crippen molar-refractivity contribution in [2.75, 3.05) is 0 Å². The van der Waals surface area contributed by atoms with Crippen LogP contribution in [0.3, 0.4) is 0 Å². The first-order valence-corrected chi connectivity index (χ1v) is 10.8. The first-order valence-electron chi connectivity index (χ1n) is 10.8. The molecule has 0 fully saturated rings. The topological polar surface area (TPSA) is 89.9 Å². The molecule has 1 aliphatic carbocycles. The van der Waals surface area contributed by atoms with Crippen LogP contribution in [0, 0.1) is 5.82 Å². The van der Waals surface area contributed by atoms with Crippen LogP contribution in [0.2, 0.25) is 0 Å². The number of aliphatic hydroxyl groups is 1. The second-order valence-corrected chi connectivity index (χ2v) is 8.18. The van der Waals surface area contributed by atoms with Crippen molar-refractivity contribution >= 4 is 11.8 Å². The molecule has 1 aliphatic rings. The van der Waals surface area contributed by atoms with Crippen molar-refractivity contribution in [3.05, 3.63) is 95.3 Å². The first kappa shape index (κ1) is 22.6. The van der Waals surface area contributed by atoms with Gasteiger partial charge in [0, 0.05) is 25.8 Å². The number of hydrogen-bond acceptors (Lipinski definition) is 4. The highest BCUT2D eigenvalue weighted by Gasteiger charge is 2.37. The van der Waals surface area contributed by atoms with Crippen molar-refractivity contribution in [1.82, 2.24) is 10.4 Å². The van der Waals surface area contributed by atoms with Gasteiger partial charge in [-0.25, -0.2) is 9.87 Å². The summed E-state index contributed by atoms with van der Waals surface area (Å²) < 4.78 is 13.6. The minimum absolute atomic E-state index is 0.0981. The van der Waals surface area contributed by atoms with E-state index in [4.69, 9.17) is 5.21 Å². The van der Waals surface area contributed by atoms with Crippen LogP contribution < -0.4 is 5.48 Å². The average Bonchev–Trinajstić information content (AvgIpc) is 3.16. The predicted molar refractivity (Wildman–Crippen MR) is 120 cm³/mol. The number of amides is 2. The first-order chi connectivity index (χ1) is 16.0. The lowest BCUT2D eigenvalue weighted by Gasteiger charge is -2.32. The van der Waals surface area contributed by atoms with Crippen LogP contribution in [0.1, 0.15) is 35.6 Å². The molecular weight excluding hydrogens is 423 g/mol. The van der Waals surface area contributed by atoms with Gasteiger partial charge in [0.15, 0.2) is 0 Å². The minimum Gasteiger partial charge on any atom is -0.390 e. The van der Waals surface area contributed by atoms with Gasteiger partial charge in [0.1, 0.15) is 5.82 Å². The van der Waals surface area contributed by atoms with Gasteiger partial charge < -0.3 is 10.0 Å². The van der Waals surface area contributed by atoms with E-state index in [0.717, 1.165) is 27.8 Å². The molecule has 6 nitrogen and oxygen atoms in total. The lowest BCUT2D eigenvalue weighted by molar-refractivity contribution is -0.140. The van der Waals surface area contributed by atoms with Gasteiger partial charge in [0.25, 0.3) is 0 Å². The van der Waals surface area contributed by atoms with Gasteiger partial charge in [-0.1, -0.05) is 60.7 Å². The van der Waals surface area contributed by atoms with Gasteiger partial charge in [-0.3, -0.25) is 14.8 Å². The molecular formula is C26H25FN2O4. The van der Waals surface area contributed by atoms with Crippen LogP contribution in [0.15, 0.2) is 72.8 Å². The van der Waals surface area contributed by atoms with Crippen molar-refractivity contribution in [3.8, 4) is 11.1 Å². The molecule has 0 saturated carbocycles. The summed E-state index contributed by atoms with van der Waals surface area (Å²) in [5.74, 6) is -1.25. The van der Waals surface area contributed by atoms with Crippen LogP contribution >= 0.6 is 0 Å². The van der Waals surface area contributed by atoms with Gasteiger partial charge in [-0.2, -0.15) is 0 Å². The second kappa shape index (κ2) is 9.94. The van der Waals surface area contributed by atoms with Crippen molar-refractivity contribution in [2.45, 2.75) is 38.0 Å². The summed E-state index contributed by atoms with van der Waals surface area (Å²) in [6.07, 6.45) is -0.571. The number of carbonyl (C=O) groups is 2. The molecule has 3 aromatic carbocycles. The summed E-state index contributed by atoms with van der Waals surface area (Å²) in [5.41, 5.74) is 5.86. The van der Waals surface area contributed by atoms with E-state index in [0.29, 0.717) is 6.42 Å². The van der Waals surface area contributed by atoms with Crippen molar-refractivity contribution < 1.29 is 24.3 Å². The summed E-state index contributed by atoms with van der Waals surface area (Å²) in [4.78, 5) is 26.2. The third kappa shape index (κ3) is 5.10. The zero-order valence-corrected chi connectivity index (χ0v) is 17.9. The van der Waals surface area contributed by atoms with E-state index in [2.05, 4.69) is 0 Å². The lowest BCUT2D eigenvalue weighted by Crippen LogP contribution is -2.39. The number of hydrogen-bond donors (Lipinski definition) is 3. The Bertz CT molecular complexity index is 1150. The average molecular weight is 448 g/mol. The standard InChI is InChI=1S/C26H25FN2O4/c27-21-6-3-5-19(14-21)18-10-8-17(9-11-18)16-29(25(32)13-12-24(31)28-33)26-22-7-2-1-4-20(22)15-23(26)30/h1-11,14,23,26,30,33H,12-13,15-16H2,(H,28,31)/t23-,26+/m1/s1. The summed E-state index contributed by atoms with van der Waals surface area (Å²) in [6, 6.07) is 20.9. The Labute approximate surface area is 191 Å². The monoisotopic (exact) mass is 448 g/mol. The van der Waals surface area contributed by atoms with E-state index in [9.17, 15) is 19.1 Å². The quantitative estimate of drug-likeness (QED) is 0.379. The SMILES string of the molecule is O=C(CCC(=O)N(Cc1ccc(-c2cccc(F)c2)cc1)[C@H]1c2ccccc2C[C@H]1O)NO. The molecule has 0 unspecified atom stereocenters. The van der Waals surface area contributed by atoms with Crippen LogP contribution in [-0.4, -0.2) is 33.1 Å². The maximum atomic E-state index is 13.6. The highest BCUT2D eigenvalue weighted by Crippen LogP contribution is 2.37. The van der Waals surface area contributed by atoms with Crippen LogP contribution in [-0.2, 0) is 22.6 Å². The normalized spacial score (nSPS) is 16.8. The molecule has 0 saturated heterocycles. The highest BCUT2D eigenvalue weighted by molar-refractivity contribution is 5.83. The molecule has 0 aliphatic heterocycles. The van der Waals surface area contributed by atoms with Crippen molar-refractivity contribution in [2.24, 2.45) is 0 Å². The lowest BCUT2D eigenvalue weighted by atomic mass is 10.0. The summed E-state index contributed by atoms with van der Waals surface area (Å²) in [6.45, 7) is 0.235. The van der Waals surface area contributed by atoms with Crippen LogP contribution in [0.4, 0.5) is 4.39 Å². The van der Waals surface area contributed by atoms with E-state index in [1.807, 2.05) is 54.6 Å². The van der Waals surface area contributed by atoms with Crippen molar-refractivity contribution in [1.29, 1.82) is 0 Å². The number of rotatable bonds is 7. The van der Waals surface area contributed by atoms with Gasteiger partial charge >= 0.3 is 0 Å². The number of halogens is 1. The van der Waals surface area contributed by atoms with E-state index in [1.54, 1.807) is 16.4 Å². The molecule has 0 radical (unpaired) electrons. The molecule has 3 N–H and O–H groups in total. The maximum absolute atomic E-state index is 13.6. The summed E-state index contributed by atoms with van der Waals surface area (Å²) >= 11 is 0. The molecule has 0 heterocycles. The molecule has 4 rings (SSSR count). The van der Waals surface area contributed by atoms with Gasteiger partial charge in [-0.05, 0) is 39.9 Å². The number of carbonyl (C=O) groups excluding carboxylic acids is 2. The third-order valence-corrected chi connectivity index (χ3v) is 5.98. The Morgan fingerprint density at radius 3 is 2.45 bits per heavy atom. The van der Waals surface area contributed by atoms with E-state index >= 15 is 0 Å². The molecule has 7 heteroatoms. The van der Waals surface area contributed by atoms with Crippen molar-refractivity contribution in [3.63, 3.8) is 0 Å². The molecule has 170 valence electrons. The van der Waals surface area contributed by atoms with Crippen LogP contribution in [0.25, 0.3) is 11.1 Å². The maximum Gasteiger partial charge on any atom is 0.243 e. The Balaban J connectivity index is 1.60. The van der Waals surface area contributed by atoms with Gasteiger partial charge in [0.05, 0.1) is 12.1 Å². The molecule has 2 atom stereocenters. The minimum atomic E-state index is -0.760. The smallest absolute Gasteiger partial charge is 0.243 e. The molecule has 3 aromatic rings. The Morgan fingerprint density at radius 2 is 1.73 bits per heavy atom. The van der Waals surface area contributed by atoms with E-state index < -0.39 is 18.1 Å². The number of benzene rings is 3. The van der Waals surface area contributed by atoms with Crippen LogP contribution in [0.5, 0.6) is 0 Å². The second-order valence-electron chi connectivity index (χ2n) is 8.18. The zero-order valence-electron chi connectivity index (χ0n) is 17.9. The molecule has 0 bridgehead atoms. The number of aliphatic hydroxyl groups excluding tert-OH is 1. The van der Waals surface area contributed by atoms with E-state index in [1.165, 1.54) is 12.1 Å². The largest absolute Gasteiger partial charge is 0.390 e. The Hall–Kier alpha value is -3.55. The molecule has 0 spiro atoms. The fourth-order valence-corrected chi connectivity index (χ4v) is 4.36. The molecule has 0 aromatic heterocycles. The van der Waals surface area contributed by atoms with Gasteiger partial charge in [-0.15, -0.1) is 0 Å². The predicted octanol–water partition coefficient (Wildman–Crippen LogP) is 3.77. The third-order valence-electron chi connectivity index (χ3n) is 5.98. The Morgan fingerprint density at radius 1 is 0.970 bits per heavy atom. The number of hydroxylamine groups is 1. The zero-order chi connectivity index (χ0) is 23.4. The number of nitrogens with one attached hydrogen (secondary N) is 1. The van der Waals surface area contributed by atoms with E-state index in [-0.39, 0.29) is 31.1 Å². The summed E-state index contributed by atoms with van der Waals surface area (Å²) in [7, 11) is 0. The summed E-state index contributed by atoms with van der Waals surface area (Å²) in [5, 5.41) is 19.6. The number of nitrogens with zero attached hydrogens (tertiary/aromatic N) is 1. The Kier molecular flexibility index (Phi) is 6.82. The molecule has 33 heavy (non-hydrogen) atoms. The van der Waals surface area contributed by atoms with Gasteiger partial charge in [0.2, 0.25) is 11.8 Å². The number of fused-ring (bicyclic) bond motifs is 1. The molecule has 2 amide bonds. The fourth-order valence-electron chi connectivity index (χ4n) is 4.36. The highest BCUT2D eigenvalue weighted by atomic mass is 19.1.